The largest absolute Gasteiger partial charge is 0.423 e. The Balaban J connectivity index is 1.22. The fraction of sp³-hybridized carbons (Fsp3) is 0.355. The van der Waals surface area contributed by atoms with E-state index in [2.05, 4.69) is 14.8 Å². The number of hydrogen-bond acceptors (Lipinski definition) is 5. The van der Waals surface area contributed by atoms with E-state index in [9.17, 15) is 31.1 Å². The molecule has 2 aliphatic heterocycles. The second-order valence-electron chi connectivity index (χ2n) is 10.9. The van der Waals surface area contributed by atoms with Crippen LogP contribution in [0.1, 0.15) is 39.4 Å². The number of nitrogens with zero attached hydrogens (tertiary/aromatic N) is 4. The van der Waals surface area contributed by atoms with Crippen molar-refractivity contribution in [2.75, 3.05) is 44.2 Å². The molecule has 0 bridgehead atoms. The highest BCUT2D eigenvalue weighted by Crippen LogP contribution is 2.38. The summed E-state index contributed by atoms with van der Waals surface area (Å²) in [7, 11) is 0. The quantitative estimate of drug-likeness (QED) is 0.244. The van der Waals surface area contributed by atoms with E-state index in [-0.39, 0.29) is 31.1 Å². The standard InChI is InChI=1S/C31H28F6N4O2/c32-30(33,34)22-16-21(17-23(18-22)31(35,36)37)28(42)41-11-10-26(24(19-41)20-6-2-1-3-7-20)39-12-14-40(15-13-39)29-38-25-8-4-5-9-27(25)43-29/h1-9,16-18,24,26H,10-15,19H2. The molecule has 0 saturated carbocycles. The predicted molar refractivity (Wildman–Crippen MR) is 148 cm³/mol. The number of hydrogen-bond donors (Lipinski definition) is 0. The Morgan fingerprint density at radius 2 is 1.42 bits per heavy atom. The summed E-state index contributed by atoms with van der Waals surface area (Å²) in [6.45, 7) is 3.09. The van der Waals surface area contributed by atoms with Crippen molar-refractivity contribution in [3.05, 3.63) is 95.1 Å². The van der Waals surface area contributed by atoms with E-state index in [0.717, 1.165) is 11.1 Å². The number of anilines is 1. The number of piperazine rings is 1. The Morgan fingerprint density at radius 1 is 0.791 bits per heavy atom. The van der Waals surface area contributed by atoms with Crippen LogP contribution in [0.2, 0.25) is 0 Å². The molecule has 43 heavy (non-hydrogen) atoms. The maximum atomic E-state index is 13.5. The molecule has 6 rings (SSSR count). The predicted octanol–water partition coefficient (Wildman–Crippen LogP) is 6.69. The molecule has 6 nitrogen and oxygen atoms in total. The van der Waals surface area contributed by atoms with E-state index in [1.807, 2.05) is 54.6 Å². The zero-order valence-electron chi connectivity index (χ0n) is 22.9. The number of carbonyl (C=O) groups is 1. The van der Waals surface area contributed by atoms with Gasteiger partial charge < -0.3 is 14.2 Å². The Bertz CT molecular complexity index is 1530. The van der Waals surface area contributed by atoms with Crippen LogP contribution in [-0.2, 0) is 12.4 Å². The van der Waals surface area contributed by atoms with E-state index in [0.29, 0.717) is 56.3 Å². The number of amides is 1. The number of alkyl halides is 6. The lowest BCUT2D eigenvalue weighted by molar-refractivity contribution is -0.143. The van der Waals surface area contributed by atoms with Gasteiger partial charge in [0.25, 0.3) is 11.9 Å². The smallest absolute Gasteiger partial charge is 0.416 e. The molecule has 226 valence electrons. The molecule has 1 amide bonds. The van der Waals surface area contributed by atoms with Crippen molar-refractivity contribution < 1.29 is 35.6 Å². The molecular formula is C31H28F6N4O2. The molecule has 1 aromatic heterocycles. The Hall–Kier alpha value is -4.06. The first-order valence-corrected chi connectivity index (χ1v) is 14.0. The number of aromatic nitrogens is 1. The van der Waals surface area contributed by atoms with E-state index in [4.69, 9.17) is 4.42 Å². The SMILES string of the molecule is O=C(c1cc(C(F)(F)F)cc(C(F)(F)F)c1)N1CCC(N2CCN(c3nc4ccccc4o3)CC2)C(c2ccccc2)C1. The summed E-state index contributed by atoms with van der Waals surface area (Å²) >= 11 is 0. The van der Waals surface area contributed by atoms with Crippen LogP contribution in [0.3, 0.4) is 0 Å². The monoisotopic (exact) mass is 602 g/mol. The molecule has 0 radical (unpaired) electrons. The number of piperidine rings is 1. The van der Waals surface area contributed by atoms with Gasteiger partial charge in [0.15, 0.2) is 5.58 Å². The molecule has 0 spiro atoms. The van der Waals surface area contributed by atoms with Gasteiger partial charge in [-0.25, -0.2) is 0 Å². The van der Waals surface area contributed by atoms with Crippen LogP contribution in [0.4, 0.5) is 32.4 Å². The van der Waals surface area contributed by atoms with E-state index >= 15 is 0 Å². The van der Waals surface area contributed by atoms with Crippen molar-refractivity contribution in [2.45, 2.75) is 30.7 Å². The summed E-state index contributed by atoms with van der Waals surface area (Å²) in [4.78, 5) is 23.8. The van der Waals surface area contributed by atoms with Crippen LogP contribution in [-0.4, -0.2) is 66.0 Å². The van der Waals surface area contributed by atoms with Crippen LogP contribution in [0.15, 0.2) is 77.2 Å². The van der Waals surface area contributed by atoms with Crippen molar-refractivity contribution in [1.29, 1.82) is 0 Å². The third-order valence-electron chi connectivity index (χ3n) is 8.26. The van der Waals surface area contributed by atoms with Crippen LogP contribution in [0, 0.1) is 0 Å². The first-order valence-electron chi connectivity index (χ1n) is 14.0. The molecule has 4 aromatic rings. The van der Waals surface area contributed by atoms with Crippen molar-refractivity contribution in [2.24, 2.45) is 0 Å². The first kappa shape index (κ1) is 29.0. The molecule has 2 atom stereocenters. The topological polar surface area (TPSA) is 52.8 Å². The molecule has 2 saturated heterocycles. The summed E-state index contributed by atoms with van der Waals surface area (Å²) in [5, 5.41) is 0. The number of carbonyl (C=O) groups excluding carboxylic acids is 1. The maximum absolute atomic E-state index is 13.5. The van der Waals surface area contributed by atoms with Gasteiger partial charge in [-0.05, 0) is 42.3 Å². The van der Waals surface area contributed by atoms with Crippen LogP contribution in [0.25, 0.3) is 11.1 Å². The maximum Gasteiger partial charge on any atom is 0.416 e. The van der Waals surface area contributed by atoms with Gasteiger partial charge in [-0.15, -0.1) is 0 Å². The molecule has 2 fully saturated rings. The molecule has 0 aliphatic carbocycles. The summed E-state index contributed by atoms with van der Waals surface area (Å²) < 4.78 is 86.7. The van der Waals surface area contributed by atoms with Crippen molar-refractivity contribution in [3.8, 4) is 0 Å². The average Bonchev–Trinajstić information content (AvgIpc) is 3.44. The van der Waals surface area contributed by atoms with Crippen LogP contribution < -0.4 is 4.90 Å². The van der Waals surface area contributed by atoms with Crippen molar-refractivity contribution in [1.82, 2.24) is 14.8 Å². The number of likely N-dealkylation sites (tertiary alicyclic amines) is 1. The zero-order valence-corrected chi connectivity index (χ0v) is 22.9. The molecule has 2 unspecified atom stereocenters. The lowest BCUT2D eigenvalue weighted by atomic mass is 9.84. The normalized spacial score (nSPS) is 20.5. The summed E-state index contributed by atoms with van der Waals surface area (Å²) in [6.07, 6.45) is -9.55. The summed E-state index contributed by atoms with van der Waals surface area (Å²) in [5.74, 6) is -1.04. The molecule has 12 heteroatoms. The second kappa shape index (κ2) is 11.2. The highest BCUT2D eigenvalue weighted by molar-refractivity contribution is 5.95. The minimum atomic E-state index is -5.03. The lowest BCUT2D eigenvalue weighted by Crippen LogP contribution is -2.56. The van der Waals surface area contributed by atoms with Crippen molar-refractivity contribution in [3.63, 3.8) is 0 Å². The van der Waals surface area contributed by atoms with Gasteiger partial charge in [-0.1, -0.05) is 42.5 Å². The van der Waals surface area contributed by atoms with Gasteiger partial charge >= 0.3 is 12.4 Å². The third kappa shape index (κ3) is 6.06. The minimum Gasteiger partial charge on any atom is -0.423 e. The lowest BCUT2D eigenvalue weighted by Gasteiger charge is -2.46. The summed E-state index contributed by atoms with van der Waals surface area (Å²) in [5.41, 5.74) is -1.19. The van der Waals surface area contributed by atoms with Gasteiger partial charge in [0.1, 0.15) is 5.52 Å². The Labute approximate surface area is 243 Å². The summed E-state index contributed by atoms with van der Waals surface area (Å²) in [6, 6.07) is 18.7. The molecule has 3 aromatic carbocycles. The van der Waals surface area contributed by atoms with E-state index in [1.54, 1.807) is 0 Å². The molecule has 0 N–H and O–H groups in total. The Kier molecular flexibility index (Phi) is 7.57. The fourth-order valence-corrected chi connectivity index (χ4v) is 6.09. The fourth-order valence-electron chi connectivity index (χ4n) is 6.09. The highest BCUT2D eigenvalue weighted by atomic mass is 19.4. The van der Waals surface area contributed by atoms with Crippen LogP contribution in [0.5, 0.6) is 0 Å². The first-order chi connectivity index (χ1) is 20.5. The molecular weight excluding hydrogens is 574 g/mol. The van der Waals surface area contributed by atoms with Gasteiger partial charge in [0, 0.05) is 56.8 Å². The zero-order chi connectivity index (χ0) is 30.4. The average molecular weight is 603 g/mol. The van der Waals surface area contributed by atoms with Crippen LogP contribution >= 0.6 is 0 Å². The van der Waals surface area contributed by atoms with Gasteiger partial charge in [0.05, 0.1) is 11.1 Å². The number of benzene rings is 3. The minimum absolute atomic E-state index is 0.0180. The van der Waals surface area contributed by atoms with Crippen molar-refractivity contribution >= 4 is 23.0 Å². The molecule has 3 heterocycles. The second-order valence-corrected chi connectivity index (χ2v) is 10.9. The Morgan fingerprint density at radius 3 is 2.05 bits per heavy atom. The van der Waals surface area contributed by atoms with E-state index in [1.165, 1.54) is 4.90 Å². The van der Waals surface area contributed by atoms with E-state index < -0.39 is 35.0 Å². The number of halogens is 6. The molecule has 2 aliphatic rings. The van der Waals surface area contributed by atoms with Gasteiger partial charge in [-0.2, -0.15) is 31.3 Å². The number of para-hydroxylation sites is 2. The van der Waals surface area contributed by atoms with Gasteiger partial charge in [0.2, 0.25) is 0 Å². The number of oxazole rings is 1. The number of fused-ring (bicyclic) bond motifs is 1. The van der Waals surface area contributed by atoms with Gasteiger partial charge in [-0.3, -0.25) is 9.69 Å². The number of rotatable bonds is 4. The third-order valence-corrected chi connectivity index (χ3v) is 8.26. The highest BCUT2D eigenvalue weighted by Gasteiger charge is 2.40.